The van der Waals surface area contributed by atoms with E-state index in [0.717, 1.165) is 4.90 Å². The Kier molecular flexibility index (Phi) is 6.72. The van der Waals surface area contributed by atoms with Gasteiger partial charge >= 0.3 is 5.97 Å². The third kappa shape index (κ3) is 5.57. The van der Waals surface area contributed by atoms with Crippen LogP contribution in [0.2, 0.25) is 0 Å². The van der Waals surface area contributed by atoms with Crippen molar-refractivity contribution in [3.8, 4) is 11.5 Å². The van der Waals surface area contributed by atoms with Crippen LogP contribution in [0.25, 0.3) is 0 Å². The van der Waals surface area contributed by atoms with Crippen molar-refractivity contribution in [1.29, 1.82) is 0 Å². The monoisotopic (exact) mass is 401 g/mol. The van der Waals surface area contributed by atoms with Gasteiger partial charge in [-0.05, 0) is 32.9 Å². The van der Waals surface area contributed by atoms with Crippen LogP contribution in [-0.2, 0) is 19.6 Å². The summed E-state index contributed by atoms with van der Waals surface area (Å²) in [5.41, 5.74) is -0.519. The predicted molar refractivity (Wildman–Crippen MR) is 99.7 cm³/mol. The highest BCUT2D eigenvalue weighted by Crippen LogP contribution is 2.30. The van der Waals surface area contributed by atoms with Crippen LogP contribution >= 0.6 is 0 Å². The van der Waals surface area contributed by atoms with E-state index in [2.05, 4.69) is 0 Å². The summed E-state index contributed by atoms with van der Waals surface area (Å²) in [4.78, 5) is 13.1. The van der Waals surface area contributed by atoms with Crippen LogP contribution in [0.1, 0.15) is 20.8 Å². The van der Waals surface area contributed by atoms with Crippen molar-refractivity contribution in [1.82, 2.24) is 4.31 Å². The fraction of sp³-hybridized carbons (Fsp3) is 0.611. The molecule has 0 aromatic heterocycles. The van der Waals surface area contributed by atoms with Crippen molar-refractivity contribution < 1.29 is 32.3 Å². The Hall–Kier alpha value is -1.84. The van der Waals surface area contributed by atoms with Gasteiger partial charge in [-0.2, -0.15) is 4.31 Å². The molecule has 2 rings (SSSR count). The zero-order valence-electron chi connectivity index (χ0n) is 16.6. The molecule has 1 aromatic carbocycles. The van der Waals surface area contributed by atoms with Crippen molar-refractivity contribution >= 4 is 16.0 Å². The number of hydrogen-bond acceptors (Lipinski definition) is 6. The fourth-order valence-corrected chi connectivity index (χ4v) is 4.38. The Labute approximate surface area is 161 Å². The number of quaternary nitrogens is 1. The Morgan fingerprint density at radius 3 is 2.22 bits per heavy atom. The molecule has 0 amide bonds. The van der Waals surface area contributed by atoms with Crippen molar-refractivity contribution in [2.75, 3.05) is 46.9 Å². The van der Waals surface area contributed by atoms with Crippen LogP contribution in [0.5, 0.6) is 11.5 Å². The normalized spacial score (nSPS) is 16.8. The average Bonchev–Trinajstić information content (AvgIpc) is 2.59. The first-order valence-electron chi connectivity index (χ1n) is 8.84. The molecule has 1 N–H and O–H groups in total. The van der Waals surface area contributed by atoms with Gasteiger partial charge < -0.3 is 19.1 Å². The number of esters is 1. The lowest BCUT2D eigenvalue weighted by atomic mass is 10.2. The van der Waals surface area contributed by atoms with Crippen LogP contribution < -0.4 is 14.4 Å². The highest BCUT2D eigenvalue weighted by Gasteiger charge is 2.32. The van der Waals surface area contributed by atoms with E-state index in [1.54, 1.807) is 6.07 Å². The van der Waals surface area contributed by atoms with E-state index in [-0.39, 0.29) is 17.4 Å². The molecule has 0 saturated carbocycles. The summed E-state index contributed by atoms with van der Waals surface area (Å²) < 4.78 is 42.9. The number of rotatable bonds is 6. The predicted octanol–water partition coefficient (Wildman–Crippen LogP) is -0.0653. The molecule has 1 aliphatic rings. The SMILES string of the molecule is COc1ccc(S(=O)(=O)N2CC[NH+](CC(=O)OC(C)(C)C)CC2)cc1OC. The molecule has 1 saturated heterocycles. The smallest absolute Gasteiger partial charge is 0.362 e. The Bertz CT molecular complexity index is 765. The number of carbonyl (C=O) groups excluding carboxylic acids is 1. The Morgan fingerprint density at radius 2 is 1.70 bits per heavy atom. The molecule has 0 aliphatic carbocycles. The Balaban J connectivity index is 2.01. The molecular formula is C18H29N2O6S+. The van der Waals surface area contributed by atoms with Gasteiger partial charge in [0.15, 0.2) is 18.0 Å². The van der Waals surface area contributed by atoms with E-state index in [1.807, 2.05) is 20.8 Å². The largest absolute Gasteiger partial charge is 0.493 e. The molecule has 0 atom stereocenters. The van der Waals surface area contributed by atoms with E-state index in [1.165, 1.54) is 30.7 Å². The molecule has 27 heavy (non-hydrogen) atoms. The number of hydrogen-bond donors (Lipinski definition) is 1. The maximum Gasteiger partial charge on any atom is 0.362 e. The highest BCUT2D eigenvalue weighted by atomic mass is 32.2. The summed E-state index contributed by atoms with van der Waals surface area (Å²) in [7, 11) is -0.668. The number of sulfonamides is 1. The van der Waals surface area contributed by atoms with Gasteiger partial charge in [0.05, 0.1) is 45.3 Å². The van der Waals surface area contributed by atoms with Crippen molar-refractivity contribution in [3.05, 3.63) is 18.2 Å². The lowest BCUT2D eigenvalue weighted by molar-refractivity contribution is -0.896. The molecule has 1 heterocycles. The van der Waals surface area contributed by atoms with E-state index < -0.39 is 15.6 Å². The van der Waals surface area contributed by atoms with Crippen molar-refractivity contribution in [2.24, 2.45) is 0 Å². The summed E-state index contributed by atoms with van der Waals surface area (Å²) in [5.74, 6) is 0.574. The molecular weight excluding hydrogens is 372 g/mol. The molecule has 0 spiro atoms. The van der Waals surface area contributed by atoms with Gasteiger partial charge in [0.25, 0.3) is 0 Å². The third-order valence-corrected chi connectivity index (χ3v) is 6.13. The molecule has 152 valence electrons. The molecule has 0 radical (unpaired) electrons. The summed E-state index contributed by atoms with van der Waals surface area (Å²) >= 11 is 0. The van der Waals surface area contributed by atoms with Crippen molar-refractivity contribution in [2.45, 2.75) is 31.3 Å². The van der Waals surface area contributed by atoms with Crippen molar-refractivity contribution in [3.63, 3.8) is 0 Å². The minimum absolute atomic E-state index is 0.163. The standard InChI is InChI=1S/C18H28N2O6S/c1-18(2,3)26-17(21)13-19-8-10-20(11-9-19)27(22,23)14-6-7-15(24-4)16(12-14)25-5/h6-7,12H,8-11,13H2,1-5H3/p+1. The maximum atomic E-state index is 12.9. The van der Waals surface area contributed by atoms with Gasteiger partial charge in [0.1, 0.15) is 5.60 Å². The summed E-state index contributed by atoms with van der Waals surface area (Å²) in [6, 6.07) is 4.56. The fourth-order valence-electron chi connectivity index (χ4n) is 2.93. The average molecular weight is 402 g/mol. The van der Waals surface area contributed by atoms with Gasteiger partial charge in [0, 0.05) is 6.07 Å². The minimum atomic E-state index is -3.63. The second kappa shape index (κ2) is 8.45. The molecule has 8 nitrogen and oxygen atoms in total. The number of carbonyl (C=O) groups is 1. The second-order valence-electron chi connectivity index (χ2n) is 7.43. The molecule has 1 aromatic rings. The van der Waals surface area contributed by atoms with Crippen LogP contribution in [0.4, 0.5) is 0 Å². The van der Waals surface area contributed by atoms with E-state index in [4.69, 9.17) is 14.2 Å². The lowest BCUT2D eigenvalue weighted by Gasteiger charge is -2.31. The first-order chi connectivity index (χ1) is 12.6. The molecule has 1 aliphatic heterocycles. The topological polar surface area (TPSA) is 86.6 Å². The van der Waals surface area contributed by atoms with Crippen LogP contribution in [0.3, 0.4) is 0 Å². The quantitative estimate of drug-likeness (QED) is 0.672. The van der Waals surface area contributed by atoms with E-state index >= 15 is 0 Å². The van der Waals surface area contributed by atoms with Gasteiger partial charge in [-0.3, -0.25) is 0 Å². The molecule has 1 fully saturated rings. The maximum absolute atomic E-state index is 12.9. The summed E-state index contributed by atoms with van der Waals surface area (Å²) in [6.45, 7) is 7.50. The number of nitrogens with zero attached hydrogens (tertiary/aromatic N) is 1. The second-order valence-corrected chi connectivity index (χ2v) is 9.37. The molecule has 9 heteroatoms. The van der Waals surface area contributed by atoms with Crippen LogP contribution in [0, 0.1) is 0 Å². The zero-order chi connectivity index (χ0) is 20.2. The first-order valence-corrected chi connectivity index (χ1v) is 10.3. The summed E-state index contributed by atoms with van der Waals surface area (Å²) in [6.07, 6.45) is 0. The number of methoxy groups -OCH3 is 2. The van der Waals surface area contributed by atoms with Gasteiger partial charge in [-0.25, -0.2) is 13.2 Å². The van der Waals surface area contributed by atoms with E-state index in [0.29, 0.717) is 37.7 Å². The summed E-state index contributed by atoms with van der Waals surface area (Å²) in [5, 5.41) is 0. The van der Waals surface area contributed by atoms with E-state index in [9.17, 15) is 13.2 Å². The lowest BCUT2D eigenvalue weighted by Crippen LogP contribution is -3.15. The molecule has 0 unspecified atom stereocenters. The van der Waals surface area contributed by atoms with Gasteiger partial charge in [0.2, 0.25) is 10.0 Å². The van der Waals surface area contributed by atoms with Crippen LogP contribution in [-0.4, -0.2) is 71.2 Å². The number of benzene rings is 1. The number of ether oxygens (including phenoxy) is 3. The Morgan fingerprint density at radius 1 is 1.11 bits per heavy atom. The third-order valence-electron chi connectivity index (χ3n) is 4.24. The number of nitrogens with one attached hydrogen (secondary N) is 1. The van der Waals surface area contributed by atoms with Crippen LogP contribution in [0.15, 0.2) is 23.1 Å². The van der Waals surface area contributed by atoms with Gasteiger partial charge in [-0.1, -0.05) is 0 Å². The minimum Gasteiger partial charge on any atom is -0.493 e. The number of piperazine rings is 1. The first kappa shape index (κ1) is 21.5. The molecule has 0 bridgehead atoms. The highest BCUT2D eigenvalue weighted by molar-refractivity contribution is 7.89. The zero-order valence-corrected chi connectivity index (χ0v) is 17.4. The van der Waals surface area contributed by atoms with Gasteiger partial charge in [-0.15, -0.1) is 0 Å².